The first-order chi connectivity index (χ1) is 12.6. The lowest BCUT2D eigenvalue weighted by Crippen LogP contribution is -2.10. The zero-order chi connectivity index (χ0) is 18.5. The molecule has 0 unspecified atom stereocenters. The quantitative estimate of drug-likeness (QED) is 0.377. The minimum atomic E-state index is -0.615. The maximum atomic E-state index is 12.3. The number of hydrogen-bond acceptors (Lipinski definition) is 6. The number of hydrogen-bond donors (Lipinski definition) is 0. The fraction of sp³-hybridized carbons (Fsp3) is 0.0588. The molecule has 0 fully saturated rings. The van der Waals surface area contributed by atoms with E-state index in [-0.39, 0.29) is 16.3 Å². The lowest BCUT2D eigenvalue weighted by Gasteiger charge is -2.10. The molecular formula is C17H12Cl2N4O3. The van der Waals surface area contributed by atoms with E-state index in [2.05, 4.69) is 15.3 Å². The van der Waals surface area contributed by atoms with Crippen molar-refractivity contribution in [2.45, 2.75) is 0 Å². The first-order valence-corrected chi connectivity index (χ1v) is 8.06. The third-order valence-corrected chi connectivity index (χ3v) is 3.84. The molecule has 9 heteroatoms. The predicted octanol–water partition coefficient (Wildman–Crippen LogP) is 3.69. The van der Waals surface area contributed by atoms with Gasteiger partial charge in [-0.25, -0.2) is 9.47 Å². The molecule has 0 N–H and O–H groups in total. The van der Waals surface area contributed by atoms with Gasteiger partial charge < -0.3 is 9.47 Å². The number of nitrogens with zero attached hydrogens (tertiary/aromatic N) is 4. The lowest BCUT2D eigenvalue weighted by atomic mass is 10.2. The summed E-state index contributed by atoms with van der Waals surface area (Å²) in [5.74, 6) is 0.0111. The topological polar surface area (TPSA) is 78.6 Å². The van der Waals surface area contributed by atoms with Gasteiger partial charge in [-0.05, 0) is 42.0 Å². The van der Waals surface area contributed by atoms with E-state index >= 15 is 0 Å². The van der Waals surface area contributed by atoms with Gasteiger partial charge in [-0.3, -0.25) is 0 Å². The Morgan fingerprint density at radius 2 is 1.88 bits per heavy atom. The molecule has 0 aliphatic rings. The van der Waals surface area contributed by atoms with E-state index in [4.69, 9.17) is 32.7 Å². The summed E-state index contributed by atoms with van der Waals surface area (Å²) in [7, 11) is 1.47. The van der Waals surface area contributed by atoms with Crippen LogP contribution in [0, 0.1) is 0 Å². The zero-order valence-electron chi connectivity index (χ0n) is 13.5. The molecule has 1 heterocycles. The van der Waals surface area contributed by atoms with Gasteiger partial charge in [0, 0.05) is 5.02 Å². The van der Waals surface area contributed by atoms with Crippen LogP contribution in [0.4, 0.5) is 0 Å². The standard InChI is InChI=1S/C17H12Cl2N4O3/c1-25-16-6-11(8-22-23-9-20-21-10-23)2-5-15(16)26-17(24)13-4-3-12(18)7-14(13)19/h2-10H,1H3/b22-8+. The van der Waals surface area contributed by atoms with Crippen molar-refractivity contribution >= 4 is 35.4 Å². The fourth-order valence-corrected chi connectivity index (χ4v) is 2.53. The summed E-state index contributed by atoms with van der Waals surface area (Å²) >= 11 is 11.9. The number of halogens is 2. The number of benzene rings is 2. The van der Waals surface area contributed by atoms with Gasteiger partial charge in [0.15, 0.2) is 11.5 Å². The molecule has 0 aliphatic heterocycles. The van der Waals surface area contributed by atoms with Gasteiger partial charge in [0.25, 0.3) is 0 Å². The van der Waals surface area contributed by atoms with Crippen LogP contribution in [0.3, 0.4) is 0 Å². The molecule has 0 atom stereocenters. The van der Waals surface area contributed by atoms with Crippen LogP contribution in [0.1, 0.15) is 15.9 Å². The molecule has 3 aromatic rings. The van der Waals surface area contributed by atoms with Gasteiger partial charge in [0.05, 0.1) is 23.9 Å². The number of methoxy groups -OCH3 is 1. The molecule has 0 spiro atoms. The number of esters is 1. The van der Waals surface area contributed by atoms with Crippen molar-refractivity contribution in [2.24, 2.45) is 5.10 Å². The molecule has 132 valence electrons. The Morgan fingerprint density at radius 3 is 2.58 bits per heavy atom. The molecule has 0 radical (unpaired) electrons. The molecule has 3 rings (SSSR count). The highest BCUT2D eigenvalue weighted by molar-refractivity contribution is 6.36. The summed E-state index contributed by atoms with van der Waals surface area (Å²) in [5, 5.41) is 12.1. The van der Waals surface area contributed by atoms with Crippen LogP contribution in [0.5, 0.6) is 11.5 Å². The summed E-state index contributed by atoms with van der Waals surface area (Å²) in [6.07, 6.45) is 4.51. The molecule has 0 aliphatic carbocycles. The van der Waals surface area contributed by atoms with Crippen molar-refractivity contribution in [1.29, 1.82) is 0 Å². The van der Waals surface area contributed by atoms with E-state index in [1.54, 1.807) is 30.5 Å². The second-order valence-corrected chi connectivity index (χ2v) is 5.85. The Labute approximate surface area is 158 Å². The maximum Gasteiger partial charge on any atom is 0.345 e. The highest BCUT2D eigenvalue weighted by Gasteiger charge is 2.16. The molecule has 0 saturated carbocycles. The van der Waals surface area contributed by atoms with E-state index < -0.39 is 5.97 Å². The van der Waals surface area contributed by atoms with Crippen molar-refractivity contribution < 1.29 is 14.3 Å². The van der Waals surface area contributed by atoms with E-state index in [0.717, 1.165) is 5.56 Å². The number of aromatic nitrogens is 3. The normalized spacial score (nSPS) is 10.9. The van der Waals surface area contributed by atoms with E-state index in [0.29, 0.717) is 10.8 Å². The average molecular weight is 391 g/mol. The van der Waals surface area contributed by atoms with Crippen molar-refractivity contribution in [2.75, 3.05) is 7.11 Å². The van der Waals surface area contributed by atoms with Gasteiger partial charge in [0.2, 0.25) is 0 Å². The highest BCUT2D eigenvalue weighted by Crippen LogP contribution is 2.29. The highest BCUT2D eigenvalue weighted by atomic mass is 35.5. The summed E-state index contributed by atoms with van der Waals surface area (Å²) in [4.78, 5) is 12.3. The lowest BCUT2D eigenvalue weighted by molar-refractivity contribution is 0.0730. The van der Waals surface area contributed by atoms with Crippen LogP contribution in [-0.2, 0) is 0 Å². The first kappa shape index (κ1) is 17.9. The Bertz CT molecular complexity index is 959. The monoisotopic (exact) mass is 390 g/mol. The smallest absolute Gasteiger partial charge is 0.345 e. The summed E-state index contributed by atoms with van der Waals surface area (Å²) < 4.78 is 12.1. The number of carbonyl (C=O) groups is 1. The number of ether oxygens (including phenoxy) is 2. The Balaban J connectivity index is 1.80. The molecule has 7 nitrogen and oxygen atoms in total. The average Bonchev–Trinajstić information content (AvgIpc) is 3.14. The van der Waals surface area contributed by atoms with Gasteiger partial charge in [-0.1, -0.05) is 23.2 Å². The summed E-state index contributed by atoms with van der Waals surface area (Å²) in [6.45, 7) is 0. The Hall–Kier alpha value is -2.90. The van der Waals surface area contributed by atoms with E-state index in [1.165, 1.54) is 36.6 Å². The number of rotatable bonds is 5. The summed E-state index contributed by atoms with van der Waals surface area (Å²) in [6, 6.07) is 9.55. The predicted molar refractivity (Wildman–Crippen MR) is 97.4 cm³/mol. The van der Waals surface area contributed by atoms with Crippen LogP contribution in [0.2, 0.25) is 10.0 Å². The van der Waals surface area contributed by atoms with Crippen molar-refractivity contribution in [3.05, 3.63) is 70.2 Å². The van der Waals surface area contributed by atoms with Crippen molar-refractivity contribution in [3.63, 3.8) is 0 Å². The summed E-state index contributed by atoms with van der Waals surface area (Å²) in [5.41, 5.74) is 0.941. The Morgan fingerprint density at radius 1 is 1.12 bits per heavy atom. The Kier molecular flexibility index (Phi) is 5.50. The number of carbonyl (C=O) groups excluding carboxylic acids is 1. The van der Waals surface area contributed by atoms with Crippen LogP contribution in [0.25, 0.3) is 0 Å². The first-order valence-electron chi connectivity index (χ1n) is 7.31. The van der Waals surface area contributed by atoms with E-state index in [1.807, 2.05) is 0 Å². The van der Waals surface area contributed by atoms with Crippen LogP contribution in [0.15, 0.2) is 54.2 Å². The third-order valence-electron chi connectivity index (χ3n) is 3.29. The molecular weight excluding hydrogens is 379 g/mol. The molecule has 0 amide bonds. The SMILES string of the molecule is COc1cc(/C=N/n2cnnc2)ccc1OC(=O)c1ccc(Cl)cc1Cl. The molecule has 2 aromatic carbocycles. The second kappa shape index (κ2) is 7.99. The molecule has 26 heavy (non-hydrogen) atoms. The van der Waals surface area contributed by atoms with Gasteiger partial charge >= 0.3 is 5.97 Å². The molecule has 0 bridgehead atoms. The van der Waals surface area contributed by atoms with Gasteiger partial charge in [-0.2, -0.15) is 5.10 Å². The van der Waals surface area contributed by atoms with Crippen LogP contribution < -0.4 is 9.47 Å². The second-order valence-electron chi connectivity index (χ2n) is 5.01. The maximum absolute atomic E-state index is 12.3. The van der Waals surface area contributed by atoms with Crippen LogP contribution >= 0.6 is 23.2 Å². The van der Waals surface area contributed by atoms with E-state index in [9.17, 15) is 4.79 Å². The third kappa shape index (κ3) is 4.19. The molecule has 1 aromatic heterocycles. The minimum absolute atomic E-state index is 0.205. The van der Waals surface area contributed by atoms with Gasteiger partial charge in [0.1, 0.15) is 12.7 Å². The van der Waals surface area contributed by atoms with Gasteiger partial charge in [-0.15, -0.1) is 10.2 Å². The fourth-order valence-electron chi connectivity index (χ4n) is 2.05. The zero-order valence-corrected chi connectivity index (χ0v) is 15.0. The minimum Gasteiger partial charge on any atom is -0.493 e. The molecule has 0 saturated heterocycles. The van der Waals surface area contributed by atoms with Crippen molar-refractivity contribution in [3.8, 4) is 11.5 Å². The largest absolute Gasteiger partial charge is 0.493 e. The van der Waals surface area contributed by atoms with Crippen LogP contribution in [-0.4, -0.2) is 34.2 Å². The van der Waals surface area contributed by atoms with Crippen molar-refractivity contribution in [1.82, 2.24) is 14.9 Å².